The molecule has 9 nitrogen and oxygen atoms in total. The van der Waals surface area contributed by atoms with E-state index in [1.165, 1.54) is 0 Å². The number of nitrogens with zero attached hydrogens (tertiary/aromatic N) is 3. The third-order valence-corrected chi connectivity index (χ3v) is 10.4. The van der Waals surface area contributed by atoms with Crippen LogP contribution in [0.15, 0.2) is 97.3 Å². The summed E-state index contributed by atoms with van der Waals surface area (Å²) in [4.78, 5) is 37.7. The largest absolute Gasteiger partial charge is 0.444 e. The fourth-order valence-electron chi connectivity index (χ4n) is 7.06. The van der Waals surface area contributed by atoms with Crippen LogP contribution in [-0.4, -0.2) is 51.3 Å². The van der Waals surface area contributed by atoms with Gasteiger partial charge in [-0.3, -0.25) is 4.79 Å². The van der Waals surface area contributed by atoms with Crippen molar-refractivity contribution in [2.75, 3.05) is 23.3 Å². The summed E-state index contributed by atoms with van der Waals surface area (Å²) in [5.74, 6) is -0.324. The maximum atomic E-state index is 14.7. The Morgan fingerprint density at radius 2 is 1.59 bits per heavy atom. The molecule has 6 aromatic rings. The van der Waals surface area contributed by atoms with Crippen LogP contribution >= 0.6 is 34.8 Å². The summed E-state index contributed by atoms with van der Waals surface area (Å²) in [5, 5.41) is 8.65. The van der Waals surface area contributed by atoms with Crippen molar-refractivity contribution in [3.8, 4) is 22.5 Å². The second-order valence-corrected chi connectivity index (χ2v) is 15.8. The van der Waals surface area contributed by atoms with Crippen molar-refractivity contribution in [3.63, 3.8) is 0 Å². The number of imidazole rings is 1. The first-order chi connectivity index (χ1) is 25.9. The molecule has 12 heteroatoms. The number of anilines is 2. The number of para-hydroxylation sites is 2. The first-order valence-corrected chi connectivity index (χ1v) is 19.0. The van der Waals surface area contributed by atoms with Gasteiger partial charge in [0.25, 0.3) is 5.91 Å². The number of piperidine rings is 1. The molecule has 1 fully saturated rings. The zero-order chi connectivity index (χ0) is 38.1. The number of H-pyrrole nitrogens is 1. The lowest BCUT2D eigenvalue weighted by Gasteiger charge is -2.35. The van der Waals surface area contributed by atoms with E-state index >= 15 is 0 Å². The third kappa shape index (κ3) is 7.94. The number of rotatable bonds is 8. The van der Waals surface area contributed by atoms with Gasteiger partial charge in [-0.05, 0) is 82.5 Å². The monoisotopic (exact) mass is 782 g/mol. The Balaban J connectivity index is 1.26. The van der Waals surface area contributed by atoms with Crippen molar-refractivity contribution in [3.05, 3.63) is 124 Å². The Morgan fingerprint density at radius 3 is 2.31 bits per heavy atom. The van der Waals surface area contributed by atoms with Gasteiger partial charge in [-0.1, -0.05) is 89.4 Å². The number of aromatic nitrogens is 3. The van der Waals surface area contributed by atoms with Gasteiger partial charge < -0.3 is 29.8 Å². The number of alkyl carbamates (subject to hydrolysis) is 1. The maximum absolute atomic E-state index is 14.7. The summed E-state index contributed by atoms with van der Waals surface area (Å²) < 4.78 is 7.52. The Labute approximate surface area is 329 Å². The topological polar surface area (TPSA) is 104 Å². The highest BCUT2D eigenvalue weighted by Crippen LogP contribution is 2.42. The fraction of sp³-hybridized carbons (Fsp3) is 0.262. The number of ether oxygens (including phenoxy) is 1. The lowest BCUT2D eigenvalue weighted by atomic mass is 9.99. The van der Waals surface area contributed by atoms with Crippen LogP contribution in [0, 0.1) is 0 Å². The van der Waals surface area contributed by atoms with Crippen LogP contribution in [0.25, 0.3) is 33.4 Å². The standard InChI is InChI=1S/C42H41Cl3N6O3/c1-25(30-16-14-27(43)22-32(30)45)51-24-46-37(26-10-6-5-7-11-26)39(51)36-31-17-15-28(44)23-34(31)48-38(36)40(52)49-33-12-8-9-13-35(33)50-20-18-29(19-21-50)47-41(53)54-42(2,3)4/h5-17,22-25,29,48H,18-21H2,1-4H3,(H,47,53)(H,49,52)/t25-/m0/s1. The van der Waals surface area contributed by atoms with Crippen molar-refractivity contribution >= 4 is 69.1 Å². The third-order valence-electron chi connectivity index (χ3n) is 9.60. The number of aromatic amines is 1. The molecule has 0 aliphatic carbocycles. The number of halogens is 3. The molecule has 1 aliphatic heterocycles. The molecule has 1 atom stereocenters. The van der Waals surface area contributed by atoms with E-state index in [2.05, 4.69) is 25.1 Å². The van der Waals surface area contributed by atoms with Crippen molar-refractivity contribution in [2.45, 2.75) is 58.2 Å². The zero-order valence-corrected chi connectivity index (χ0v) is 32.7. The molecule has 4 aromatic carbocycles. The first-order valence-electron chi connectivity index (χ1n) is 17.9. The summed E-state index contributed by atoms with van der Waals surface area (Å²) in [6.45, 7) is 8.97. The average Bonchev–Trinajstić information content (AvgIpc) is 3.73. The van der Waals surface area contributed by atoms with Crippen LogP contribution in [0.2, 0.25) is 15.1 Å². The highest BCUT2D eigenvalue weighted by Gasteiger charge is 2.30. The molecule has 0 radical (unpaired) electrons. The van der Waals surface area contributed by atoms with E-state index in [0.717, 1.165) is 40.7 Å². The molecule has 0 spiro atoms. The summed E-state index contributed by atoms with van der Waals surface area (Å²) in [6.07, 6.45) is 2.85. The number of amides is 2. The maximum Gasteiger partial charge on any atom is 0.407 e. The highest BCUT2D eigenvalue weighted by molar-refractivity contribution is 6.35. The van der Waals surface area contributed by atoms with E-state index in [0.29, 0.717) is 56.3 Å². The Morgan fingerprint density at radius 1 is 0.907 bits per heavy atom. The minimum atomic E-state index is -0.565. The van der Waals surface area contributed by atoms with Gasteiger partial charge in [0.1, 0.15) is 11.3 Å². The van der Waals surface area contributed by atoms with Crippen LogP contribution in [0.4, 0.5) is 16.2 Å². The normalized spacial score (nSPS) is 14.2. The van der Waals surface area contributed by atoms with E-state index in [4.69, 9.17) is 44.5 Å². The van der Waals surface area contributed by atoms with Crippen molar-refractivity contribution in [1.29, 1.82) is 0 Å². The Bertz CT molecular complexity index is 2320. The van der Waals surface area contributed by atoms with Crippen molar-refractivity contribution in [2.24, 2.45) is 0 Å². The van der Waals surface area contributed by atoms with Gasteiger partial charge in [-0.2, -0.15) is 0 Å². The first kappa shape index (κ1) is 37.4. The van der Waals surface area contributed by atoms with Crippen molar-refractivity contribution in [1.82, 2.24) is 19.9 Å². The SMILES string of the molecule is C[C@@H](c1ccc(Cl)cc1Cl)n1cnc(-c2ccccc2)c1-c1c(C(=O)Nc2ccccc2N2CCC(NC(=O)OC(C)(C)C)CC2)[nH]c2cc(Cl)ccc12. The van der Waals surface area contributed by atoms with E-state index in [1.807, 2.05) is 113 Å². The van der Waals surface area contributed by atoms with Crippen molar-refractivity contribution < 1.29 is 14.3 Å². The second-order valence-electron chi connectivity index (χ2n) is 14.5. The molecule has 0 unspecified atom stereocenters. The molecule has 3 heterocycles. The second kappa shape index (κ2) is 15.4. The molecule has 278 valence electrons. The number of hydrogen-bond donors (Lipinski definition) is 3. The summed E-state index contributed by atoms with van der Waals surface area (Å²) in [7, 11) is 0. The molecule has 0 saturated carbocycles. The molecule has 0 bridgehead atoms. The van der Waals surface area contributed by atoms with Gasteiger partial charge in [-0.25, -0.2) is 9.78 Å². The van der Waals surface area contributed by atoms with Crippen LogP contribution in [-0.2, 0) is 4.74 Å². The smallest absolute Gasteiger partial charge is 0.407 e. The molecule has 3 N–H and O–H groups in total. The van der Waals surface area contributed by atoms with Crippen LogP contribution in [0.1, 0.15) is 62.6 Å². The van der Waals surface area contributed by atoms with Gasteiger partial charge in [-0.15, -0.1) is 0 Å². The van der Waals surface area contributed by atoms with E-state index < -0.39 is 11.7 Å². The fourth-order valence-corrected chi connectivity index (χ4v) is 7.80. The molecular weight excluding hydrogens is 743 g/mol. The molecule has 2 aromatic heterocycles. The van der Waals surface area contributed by atoms with Crippen LogP contribution < -0.4 is 15.5 Å². The minimum Gasteiger partial charge on any atom is -0.444 e. The van der Waals surface area contributed by atoms with Gasteiger partial charge in [0, 0.05) is 56.2 Å². The number of carbonyl (C=O) groups excluding carboxylic acids is 2. The summed E-state index contributed by atoms with van der Waals surface area (Å²) in [6, 6.07) is 28.4. The molecular formula is C42H41Cl3N6O3. The number of nitrogens with one attached hydrogen (secondary N) is 3. The molecule has 7 rings (SSSR count). The zero-order valence-electron chi connectivity index (χ0n) is 30.4. The van der Waals surface area contributed by atoms with E-state index in [1.54, 1.807) is 12.4 Å². The van der Waals surface area contributed by atoms with Gasteiger partial charge >= 0.3 is 6.09 Å². The lowest BCUT2D eigenvalue weighted by molar-refractivity contribution is 0.0497. The van der Waals surface area contributed by atoms with E-state index in [9.17, 15) is 9.59 Å². The molecule has 1 aliphatic rings. The molecule has 1 saturated heterocycles. The Kier molecular flexibility index (Phi) is 10.7. The number of carbonyl (C=O) groups is 2. The van der Waals surface area contributed by atoms with Crippen LogP contribution in [0.5, 0.6) is 0 Å². The van der Waals surface area contributed by atoms with Gasteiger partial charge in [0.15, 0.2) is 0 Å². The highest BCUT2D eigenvalue weighted by atomic mass is 35.5. The summed E-state index contributed by atoms with van der Waals surface area (Å²) in [5.41, 5.74) is 5.94. The van der Waals surface area contributed by atoms with E-state index in [-0.39, 0.29) is 18.0 Å². The summed E-state index contributed by atoms with van der Waals surface area (Å²) >= 11 is 19.6. The molecule has 2 amide bonds. The number of fused-ring (bicyclic) bond motifs is 1. The van der Waals surface area contributed by atoms with Gasteiger partial charge in [0.2, 0.25) is 0 Å². The number of hydrogen-bond acceptors (Lipinski definition) is 5. The molecule has 54 heavy (non-hydrogen) atoms. The predicted molar refractivity (Wildman–Crippen MR) is 219 cm³/mol. The minimum absolute atomic E-state index is 0.00705. The lowest BCUT2D eigenvalue weighted by Crippen LogP contribution is -2.46. The quantitative estimate of drug-likeness (QED) is 0.143. The van der Waals surface area contributed by atoms with Crippen LogP contribution in [0.3, 0.4) is 0 Å². The average molecular weight is 784 g/mol. The Hall–Kier alpha value is -4.96. The number of benzene rings is 4. The predicted octanol–water partition coefficient (Wildman–Crippen LogP) is 11.0. The van der Waals surface area contributed by atoms with Gasteiger partial charge in [0.05, 0.1) is 35.1 Å².